The average Bonchev–Trinajstić information content (AvgIpc) is 2.64. The second-order valence-corrected chi connectivity index (χ2v) is 6.27. The number of hydrogen-bond donors (Lipinski definition) is 1. The van der Waals surface area contributed by atoms with Crippen molar-refractivity contribution >= 4 is 17.3 Å². The molecular weight excluding hydrogens is 337 g/mol. The number of hydrogen-bond acceptors (Lipinski definition) is 2. The van der Waals surface area contributed by atoms with Gasteiger partial charge in [-0.3, -0.25) is 0 Å². The SMILES string of the molecule is CC(Nc1cc(Cl)ccc1F)c1ccc(OCc2ccccc2)cc1. The fourth-order valence-electron chi connectivity index (χ4n) is 2.52. The van der Waals surface area contributed by atoms with Crippen molar-refractivity contribution in [2.75, 3.05) is 5.32 Å². The van der Waals surface area contributed by atoms with Crippen LogP contribution in [0.4, 0.5) is 10.1 Å². The van der Waals surface area contributed by atoms with Crippen molar-refractivity contribution in [1.82, 2.24) is 0 Å². The van der Waals surface area contributed by atoms with Crippen molar-refractivity contribution in [2.45, 2.75) is 19.6 Å². The monoisotopic (exact) mass is 355 g/mol. The van der Waals surface area contributed by atoms with Crippen molar-refractivity contribution < 1.29 is 9.13 Å². The van der Waals surface area contributed by atoms with Crippen molar-refractivity contribution in [1.29, 1.82) is 0 Å². The molecule has 1 atom stereocenters. The van der Waals surface area contributed by atoms with Gasteiger partial charge in [0.05, 0.1) is 5.69 Å². The van der Waals surface area contributed by atoms with Gasteiger partial charge in [-0.2, -0.15) is 0 Å². The number of ether oxygens (including phenoxy) is 1. The van der Waals surface area contributed by atoms with Gasteiger partial charge in [0, 0.05) is 11.1 Å². The predicted octanol–water partition coefficient (Wildman–Crippen LogP) is 6.23. The lowest BCUT2D eigenvalue weighted by molar-refractivity contribution is 0.306. The van der Waals surface area contributed by atoms with Crippen LogP contribution in [0.25, 0.3) is 0 Å². The van der Waals surface area contributed by atoms with E-state index in [0.717, 1.165) is 16.9 Å². The molecule has 0 saturated carbocycles. The minimum atomic E-state index is -0.320. The quantitative estimate of drug-likeness (QED) is 0.565. The summed E-state index contributed by atoms with van der Waals surface area (Å²) in [6.07, 6.45) is 0. The largest absolute Gasteiger partial charge is 0.489 e. The van der Waals surface area contributed by atoms with E-state index in [1.165, 1.54) is 12.1 Å². The lowest BCUT2D eigenvalue weighted by Gasteiger charge is -2.17. The molecule has 3 aromatic carbocycles. The van der Waals surface area contributed by atoms with Gasteiger partial charge in [-0.1, -0.05) is 54.1 Å². The summed E-state index contributed by atoms with van der Waals surface area (Å²) in [7, 11) is 0. The molecule has 0 aliphatic rings. The molecule has 1 unspecified atom stereocenters. The van der Waals surface area contributed by atoms with Crippen LogP contribution < -0.4 is 10.1 Å². The zero-order valence-electron chi connectivity index (χ0n) is 13.9. The fraction of sp³-hybridized carbons (Fsp3) is 0.143. The van der Waals surface area contributed by atoms with Crippen LogP contribution >= 0.6 is 11.6 Å². The van der Waals surface area contributed by atoms with Gasteiger partial charge in [0.25, 0.3) is 0 Å². The Hall–Kier alpha value is -2.52. The zero-order valence-corrected chi connectivity index (χ0v) is 14.6. The zero-order chi connectivity index (χ0) is 17.6. The van der Waals surface area contributed by atoms with Gasteiger partial charge in [-0.15, -0.1) is 0 Å². The average molecular weight is 356 g/mol. The molecule has 0 aliphatic carbocycles. The molecule has 2 nitrogen and oxygen atoms in total. The van der Waals surface area contributed by atoms with E-state index in [1.54, 1.807) is 6.07 Å². The number of anilines is 1. The molecule has 0 aromatic heterocycles. The summed E-state index contributed by atoms with van der Waals surface area (Å²) < 4.78 is 19.6. The Morgan fingerprint density at radius 3 is 2.44 bits per heavy atom. The second kappa shape index (κ2) is 8.04. The molecule has 25 heavy (non-hydrogen) atoms. The van der Waals surface area contributed by atoms with Crippen molar-refractivity contribution in [3.63, 3.8) is 0 Å². The lowest BCUT2D eigenvalue weighted by Crippen LogP contribution is -2.08. The molecule has 3 aromatic rings. The van der Waals surface area contributed by atoms with E-state index in [9.17, 15) is 4.39 Å². The molecule has 0 heterocycles. The van der Waals surface area contributed by atoms with Gasteiger partial charge < -0.3 is 10.1 Å². The minimum Gasteiger partial charge on any atom is -0.489 e. The summed E-state index contributed by atoms with van der Waals surface area (Å²) >= 11 is 5.93. The highest BCUT2D eigenvalue weighted by Gasteiger charge is 2.09. The normalized spacial score (nSPS) is 11.8. The van der Waals surface area contributed by atoms with Gasteiger partial charge >= 0.3 is 0 Å². The topological polar surface area (TPSA) is 21.3 Å². The van der Waals surface area contributed by atoms with Crippen molar-refractivity contribution in [3.8, 4) is 5.75 Å². The first-order valence-electron chi connectivity index (χ1n) is 8.10. The van der Waals surface area contributed by atoms with Crippen LogP contribution in [-0.4, -0.2) is 0 Å². The summed E-state index contributed by atoms with van der Waals surface area (Å²) in [4.78, 5) is 0. The molecule has 0 radical (unpaired) electrons. The maximum absolute atomic E-state index is 13.8. The third-order valence-electron chi connectivity index (χ3n) is 3.93. The van der Waals surface area contributed by atoms with E-state index in [-0.39, 0.29) is 11.9 Å². The van der Waals surface area contributed by atoms with Gasteiger partial charge in [-0.25, -0.2) is 4.39 Å². The van der Waals surface area contributed by atoms with E-state index in [0.29, 0.717) is 17.3 Å². The molecule has 4 heteroatoms. The van der Waals surface area contributed by atoms with Gasteiger partial charge in [0.2, 0.25) is 0 Å². The molecule has 0 aliphatic heterocycles. The molecule has 0 fully saturated rings. The Kier molecular flexibility index (Phi) is 5.56. The lowest BCUT2D eigenvalue weighted by atomic mass is 10.1. The van der Waals surface area contributed by atoms with Crippen LogP contribution in [0.5, 0.6) is 5.75 Å². The fourth-order valence-corrected chi connectivity index (χ4v) is 2.69. The molecular formula is C21H19ClFNO. The summed E-state index contributed by atoms with van der Waals surface area (Å²) in [5.41, 5.74) is 2.55. The standard InChI is InChI=1S/C21H19ClFNO/c1-15(24-21-13-18(22)9-12-20(21)23)17-7-10-19(11-8-17)25-14-16-5-3-2-4-6-16/h2-13,15,24H,14H2,1H3. The van der Waals surface area contributed by atoms with E-state index in [4.69, 9.17) is 16.3 Å². The smallest absolute Gasteiger partial charge is 0.146 e. The summed E-state index contributed by atoms with van der Waals surface area (Å²) in [5, 5.41) is 3.65. The molecule has 1 N–H and O–H groups in total. The second-order valence-electron chi connectivity index (χ2n) is 5.83. The molecule has 0 saturated heterocycles. The molecule has 0 amide bonds. The Morgan fingerprint density at radius 2 is 1.72 bits per heavy atom. The van der Waals surface area contributed by atoms with Crippen LogP contribution in [0.2, 0.25) is 5.02 Å². The number of rotatable bonds is 6. The Bertz CT molecular complexity index is 821. The highest BCUT2D eigenvalue weighted by molar-refractivity contribution is 6.30. The summed E-state index contributed by atoms with van der Waals surface area (Å²) in [5.74, 6) is 0.479. The maximum atomic E-state index is 13.8. The molecule has 0 bridgehead atoms. The van der Waals surface area contributed by atoms with E-state index in [2.05, 4.69) is 5.32 Å². The number of benzene rings is 3. The summed E-state index contributed by atoms with van der Waals surface area (Å²) in [6.45, 7) is 2.50. The van der Waals surface area contributed by atoms with E-state index >= 15 is 0 Å². The minimum absolute atomic E-state index is 0.0591. The molecule has 0 spiro atoms. The third kappa shape index (κ3) is 4.74. The first-order chi connectivity index (χ1) is 12.1. The highest BCUT2D eigenvalue weighted by atomic mass is 35.5. The Morgan fingerprint density at radius 1 is 1.00 bits per heavy atom. The molecule has 3 rings (SSSR count). The van der Waals surface area contributed by atoms with Gasteiger partial charge in [0.1, 0.15) is 18.2 Å². The maximum Gasteiger partial charge on any atom is 0.146 e. The van der Waals surface area contributed by atoms with Crippen LogP contribution in [0.15, 0.2) is 72.8 Å². The van der Waals surface area contributed by atoms with Crippen LogP contribution in [0, 0.1) is 5.82 Å². The van der Waals surface area contributed by atoms with Crippen molar-refractivity contribution in [3.05, 3.63) is 94.8 Å². The Labute approximate surface area is 152 Å². The van der Waals surface area contributed by atoms with Crippen LogP contribution in [0.3, 0.4) is 0 Å². The number of nitrogens with one attached hydrogen (secondary N) is 1. The predicted molar refractivity (Wildman–Crippen MR) is 101 cm³/mol. The van der Waals surface area contributed by atoms with E-state index < -0.39 is 0 Å². The number of halogens is 2. The third-order valence-corrected chi connectivity index (χ3v) is 4.16. The van der Waals surface area contributed by atoms with Crippen molar-refractivity contribution in [2.24, 2.45) is 0 Å². The van der Waals surface area contributed by atoms with E-state index in [1.807, 2.05) is 61.5 Å². The van der Waals surface area contributed by atoms with Crippen LogP contribution in [0.1, 0.15) is 24.1 Å². The molecule has 128 valence electrons. The van der Waals surface area contributed by atoms with Gasteiger partial charge in [0.15, 0.2) is 0 Å². The van der Waals surface area contributed by atoms with Gasteiger partial charge in [-0.05, 0) is 48.4 Å². The first-order valence-corrected chi connectivity index (χ1v) is 8.48. The van der Waals surface area contributed by atoms with Crippen LogP contribution in [-0.2, 0) is 6.61 Å². The highest BCUT2D eigenvalue weighted by Crippen LogP contribution is 2.26. The first kappa shape index (κ1) is 17.3. The Balaban J connectivity index is 1.62. The summed E-state index contributed by atoms with van der Waals surface area (Å²) in [6, 6.07) is 22.2.